The topological polar surface area (TPSA) is 96.0 Å². The minimum absolute atomic E-state index is 0.0976. The van der Waals surface area contributed by atoms with Crippen molar-refractivity contribution >= 4 is 0 Å². The molecule has 144 valence electrons. The molecule has 2 aromatic heterocycles. The molecule has 5 rings (SSSR count). The molecule has 2 bridgehead atoms. The summed E-state index contributed by atoms with van der Waals surface area (Å²) in [4.78, 5) is 8.61. The Bertz CT molecular complexity index is 963. The van der Waals surface area contributed by atoms with Gasteiger partial charge >= 0.3 is 0 Å². The third kappa shape index (κ3) is 3.09. The largest absolute Gasteiger partial charge is 0.507 e. The number of aromatic amines is 1. The van der Waals surface area contributed by atoms with Crippen LogP contribution in [0.2, 0.25) is 0 Å². The van der Waals surface area contributed by atoms with Gasteiger partial charge in [0.1, 0.15) is 11.9 Å². The zero-order valence-corrected chi connectivity index (χ0v) is 15.0. The first kappa shape index (κ1) is 17.1. The predicted octanol–water partition coefficient (Wildman–Crippen LogP) is 2.85. The Hall–Kier alpha value is -3.00. The van der Waals surface area contributed by atoms with Crippen molar-refractivity contribution in [2.24, 2.45) is 0 Å². The Balaban J connectivity index is 1.32. The van der Waals surface area contributed by atoms with Crippen molar-refractivity contribution in [3.8, 4) is 34.0 Å². The number of nitrogens with zero attached hydrogens (tertiary/aromatic N) is 3. The highest BCUT2D eigenvalue weighted by Crippen LogP contribution is 2.33. The zero-order chi connectivity index (χ0) is 19.1. The summed E-state index contributed by atoms with van der Waals surface area (Å²) in [6, 6.07) is 5.51. The number of aromatic nitrogens is 4. The second-order valence-corrected chi connectivity index (χ2v) is 7.34. The third-order valence-corrected chi connectivity index (χ3v) is 5.54. The molecule has 2 fully saturated rings. The van der Waals surface area contributed by atoms with E-state index in [1.807, 2.05) is 6.07 Å². The quantitative estimate of drug-likeness (QED) is 0.643. The van der Waals surface area contributed by atoms with E-state index in [0.717, 1.165) is 24.0 Å². The highest BCUT2D eigenvalue weighted by molar-refractivity contribution is 5.73. The van der Waals surface area contributed by atoms with Gasteiger partial charge in [0.2, 0.25) is 5.88 Å². The van der Waals surface area contributed by atoms with Gasteiger partial charge in [-0.15, -0.1) is 0 Å². The fourth-order valence-electron chi connectivity index (χ4n) is 4.08. The number of aromatic hydroxyl groups is 1. The first-order chi connectivity index (χ1) is 13.7. The van der Waals surface area contributed by atoms with E-state index in [-0.39, 0.29) is 11.8 Å². The molecule has 4 atom stereocenters. The van der Waals surface area contributed by atoms with Crippen molar-refractivity contribution in [1.29, 1.82) is 0 Å². The summed E-state index contributed by atoms with van der Waals surface area (Å²) in [7, 11) is 0. The number of H-pyrrole nitrogens is 1. The Morgan fingerprint density at radius 3 is 2.79 bits per heavy atom. The van der Waals surface area contributed by atoms with Crippen molar-refractivity contribution in [1.82, 2.24) is 25.5 Å². The fraction of sp³-hybridized carbons (Fsp3) is 0.350. The summed E-state index contributed by atoms with van der Waals surface area (Å²) in [6.45, 7) is 0. The number of alkyl halides is 1. The molecule has 2 aliphatic heterocycles. The van der Waals surface area contributed by atoms with Gasteiger partial charge in [0, 0.05) is 35.8 Å². The van der Waals surface area contributed by atoms with Crippen LogP contribution < -0.4 is 10.1 Å². The molecule has 3 N–H and O–H groups in total. The van der Waals surface area contributed by atoms with Crippen LogP contribution in [0.5, 0.6) is 11.6 Å². The maximum atomic E-state index is 14.5. The van der Waals surface area contributed by atoms with Crippen molar-refractivity contribution in [2.75, 3.05) is 0 Å². The van der Waals surface area contributed by atoms with E-state index in [9.17, 15) is 9.50 Å². The SMILES string of the molecule is Oc1cc(-c2cn[nH]c2)ccc1-c1cnc(O[C@@H]2CC3CC[C@H](N3)[C@H]2F)cn1. The van der Waals surface area contributed by atoms with Crippen molar-refractivity contribution in [3.63, 3.8) is 0 Å². The lowest BCUT2D eigenvalue weighted by Gasteiger charge is -2.32. The molecule has 3 aromatic rings. The first-order valence-corrected chi connectivity index (χ1v) is 9.39. The average Bonchev–Trinajstić information content (AvgIpc) is 3.37. The highest BCUT2D eigenvalue weighted by atomic mass is 19.1. The van der Waals surface area contributed by atoms with Crippen LogP contribution in [0.1, 0.15) is 19.3 Å². The van der Waals surface area contributed by atoms with E-state index < -0.39 is 12.3 Å². The molecule has 1 unspecified atom stereocenters. The number of ether oxygens (including phenoxy) is 1. The van der Waals surface area contributed by atoms with Crippen molar-refractivity contribution in [3.05, 3.63) is 43.0 Å². The maximum absolute atomic E-state index is 14.5. The molecule has 0 saturated carbocycles. The second kappa shape index (κ2) is 6.87. The molecule has 7 nitrogen and oxygen atoms in total. The number of rotatable bonds is 4. The minimum atomic E-state index is -1.04. The van der Waals surface area contributed by atoms with Crippen LogP contribution in [0.15, 0.2) is 43.0 Å². The van der Waals surface area contributed by atoms with Gasteiger partial charge in [-0.05, 0) is 30.5 Å². The van der Waals surface area contributed by atoms with Gasteiger partial charge in [0.15, 0.2) is 6.17 Å². The van der Waals surface area contributed by atoms with Gasteiger partial charge in [0.05, 0.1) is 24.3 Å². The standard InChI is InChI=1S/C20H20FN5O2/c21-20-15-4-2-13(26-15)6-18(20)28-19-10-22-16(9-23-19)14-3-1-11(5-17(14)27)12-7-24-25-8-12/h1,3,5,7-10,13,15,18,20,26-27H,2,4,6H2,(H,24,25)/t13?,15-,18+,20+/m0/s1. The van der Waals surface area contributed by atoms with Gasteiger partial charge in [0.25, 0.3) is 0 Å². The minimum Gasteiger partial charge on any atom is -0.507 e. The number of phenolic OH excluding ortho intramolecular Hbond substituents is 1. The molecule has 0 amide bonds. The predicted molar refractivity (Wildman–Crippen MR) is 101 cm³/mol. The Labute approximate surface area is 161 Å². The van der Waals surface area contributed by atoms with Crippen LogP contribution in [0.3, 0.4) is 0 Å². The van der Waals surface area contributed by atoms with Crippen LogP contribution in [0.4, 0.5) is 4.39 Å². The number of hydrogen-bond donors (Lipinski definition) is 3. The van der Waals surface area contributed by atoms with Gasteiger partial charge in [-0.3, -0.25) is 5.10 Å². The van der Waals surface area contributed by atoms with E-state index in [1.165, 1.54) is 12.4 Å². The summed E-state index contributed by atoms with van der Waals surface area (Å²) < 4.78 is 20.3. The number of hydrogen-bond acceptors (Lipinski definition) is 6. The Morgan fingerprint density at radius 2 is 2.04 bits per heavy atom. The van der Waals surface area contributed by atoms with Crippen LogP contribution in [0, 0.1) is 0 Å². The summed E-state index contributed by atoms with van der Waals surface area (Å²) in [6.07, 6.45) is 7.39. The van der Waals surface area contributed by atoms with Crippen LogP contribution in [-0.2, 0) is 0 Å². The maximum Gasteiger partial charge on any atom is 0.232 e. The summed E-state index contributed by atoms with van der Waals surface area (Å²) >= 11 is 0. The lowest BCUT2D eigenvalue weighted by atomic mass is 10.0. The molecule has 28 heavy (non-hydrogen) atoms. The van der Waals surface area contributed by atoms with E-state index in [0.29, 0.717) is 29.6 Å². The number of halogens is 1. The number of fused-ring (bicyclic) bond motifs is 2. The molecule has 0 spiro atoms. The number of phenols is 1. The van der Waals surface area contributed by atoms with Gasteiger partial charge in [-0.1, -0.05) is 6.07 Å². The van der Waals surface area contributed by atoms with Crippen LogP contribution in [-0.4, -0.2) is 49.6 Å². The molecule has 1 aromatic carbocycles. The van der Waals surface area contributed by atoms with Crippen LogP contribution >= 0.6 is 0 Å². The second-order valence-electron chi connectivity index (χ2n) is 7.34. The molecule has 2 aliphatic rings. The molecule has 0 aliphatic carbocycles. The molecule has 8 heteroatoms. The smallest absolute Gasteiger partial charge is 0.232 e. The van der Waals surface area contributed by atoms with Crippen molar-refractivity contribution < 1.29 is 14.2 Å². The molecular formula is C20H20FN5O2. The number of nitrogens with one attached hydrogen (secondary N) is 2. The van der Waals surface area contributed by atoms with Crippen molar-refractivity contribution in [2.45, 2.75) is 43.6 Å². The van der Waals surface area contributed by atoms with Gasteiger partial charge in [-0.25, -0.2) is 14.4 Å². The molecule has 2 saturated heterocycles. The summed E-state index contributed by atoms with van der Waals surface area (Å²) in [5, 5.41) is 20.3. The number of benzene rings is 1. The van der Waals surface area contributed by atoms with Gasteiger partial charge < -0.3 is 15.2 Å². The number of piperidine rings is 1. The fourth-order valence-corrected chi connectivity index (χ4v) is 4.08. The molecule has 0 radical (unpaired) electrons. The lowest BCUT2D eigenvalue weighted by Crippen LogP contribution is -2.51. The monoisotopic (exact) mass is 381 g/mol. The molecular weight excluding hydrogens is 361 g/mol. The van der Waals surface area contributed by atoms with E-state index in [1.54, 1.807) is 24.5 Å². The average molecular weight is 381 g/mol. The Kier molecular flexibility index (Phi) is 4.20. The first-order valence-electron chi connectivity index (χ1n) is 9.39. The Morgan fingerprint density at radius 1 is 1.11 bits per heavy atom. The van der Waals surface area contributed by atoms with Crippen LogP contribution in [0.25, 0.3) is 22.4 Å². The highest BCUT2D eigenvalue weighted by Gasteiger charge is 2.43. The van der Waals surface area contributed by atoms with E-state index in [4.69, 9.17) is 4.74 Å². The normalized spacial score (nSPS) is 26.3. The summed E-state index contributed by atoms with van der Waals surface area (Å²) in [5.74, 6) is 0.396. The van der Waals surface area contributed by atoms with E-state index in [2.05, 4.69) is 25.5 Å². The lowest BCUT2D eigenvalue weighted by molar-refractivity contribution is 0.0425. The third-order valence-electron chi connectivity index (χ3n) is 5.54. The van der Waals surface area contributed by atoms with E-state index >= 15 is 0 Å². The molecule has 4 heterocycles. The zero-order valence-electron chi connectivity index (χ0n) is 15.0. The van der Waals surface area contributed by atoms with Gasteiger partial charge in [-0.2, -0.15) is 5.10 Å². The summed E-state index contributed by atoms with van der Waals surface area (Å²) in [5.41, 5.74) is 2.81.